The van der Waals surface area contributed by atoms with Crippen LogP contribution in [0.4, 0.5) is 0 Å². The van der Waals surface area contributed by atoms with Crippen LogP contribution in [-0.4, -0.2) is 17.9 Å². The van der Waals surface area contributed by atoms with Crippen LogP contribution in [0.3, 0.4) is 0 Å². The zero-order valence-corrected chi connectivity index (χ0v) is 10.1. The van der Waals surface area contributed by atoms with E-state index in [1.54, 1.807) is 4.90 Å². The Hall–Kier alpha value is -1.83. The summed E-state index contributed by atoms with van der Waals surface area (Å²) in [6, 6.07) is 0. The van der Waals surface area contributed by atoms with Gasteiger partial charge >= 0.3 is 0 Å². The third-order valence-corrected chi connectivity index (χ3v) is 2.95. The molecular weight excluding hydrogens is 210 g/mol. The van der Waals surface area contributed by atoms with Crippen LogP contribution < -0.4 is 0 Å². The Bertz CT molecular complexity index is 450. The molecular formula is C15H17NO. The predicted octanol–water partition coefficient (Wildman–Crippen LogP) is 3.12. The first kappa shape index (κ1) is 11.6. The van der Waals surface area contributed by atoms with Crippen LogP contribution in [0.1, 0.15) is 19.3 Å². The Morgan fingerprint density at radius 3 is 2.82 bits per heavy atom. The molecule has 0 saturated heterocycles. The van der Waals surface area contributed by atoms with Crippen molar-refractivity contribution in [2.24, 2.45) is 0 Å². The lowest BCUT2D eigenvalue weighted by molar-refractivity contribution is -0.124. The van der Waals surface area contributed by atoms with Gasteiger partial charge in [0.1, 0.15) is 0 Å². The first-order chi connectivity index (χ1) is 8.29. The van der Waals surface area contributed by atoms with Crippen LogP contribution in [0, 0.1) is 0 Å². The molecule has 0 fully saturated rings. The highest BCUT2D eigenvalue weighted by Gasteiger charge is 2.16. The van der Waals surface area contributed by atoms with Crippen molar-refractivity contribution in [2.45, 2.75) is 19.3 Å². The summed E-state index contributed by atoms with van der Waals surface area (Å²) in [5.74, 6) is 0.0795. The van der Waals surface area contributed by atoms with E-state index < -0.39 is 0 Å². The van der Waals surface area contributed by atoms with Crippen molar-refractivity contribution in [1.82, 2.24) is 4.90 Å². The van der Waals surface area contributed by atoms with Gasteiger partial charge in [-0.3, -0.25) is 4.79 Å². The fraction of sp³-hybridized carbons (Fsp3) is 0.267. The van der Waals surface area contributed by atoms with Gasteiger partial charge in [0.25, 0.3) is 5.91 Å². The Morgan fingerprint density at radius 1 is 1.18 bits per heavy atom. The van der Waals surface area contributed by atoms with Gasteiger partial charge in [0.2, 0.25) is 0 Å². The zero-order valence-electron chi connectivity index (χ0n) is 10.1. The van der Waals surface area contributed by atoms with Gasteiger partial charge in [-0.1, -0.05) is 42.5 Å². The molecule has 2 aliphatic rings. The minimum Gasteiger partial charge on any atom is -0.315 e. The molecule has 0 radical (unpaired) electrons. The number of carbonyl (C=O) groups is 1. The lowest BCUT2D eigenvalue weighted by Crippen LogP contribution is -2.27. The standard InChI is InChI=1S/C15H17NO/c1-16(14-11-7-2-3-8-12-14)15(17)13-9-5-4-6-10-13/h2-3,5,7-11H,4,6,12H2,1H3. The predicted molar refractivity (Wildman–Crippen MR) is 70.2 cm³/mol. The van der Waals surface area contributed by atoms with Gasteiger partial charge < -0.3 is 4.90 Å². The van der Waals surface area contributed by atoms with Crippen LogP contribution in [0.25, 0.3) is 0 Å². The molecule has 2 aliphatic carbocycles. The summed E-state index contributed by atoms with van der Waals surface area (Å²) in [5, 5.41) is 0. The fourth-order valence-corrected chi connectivity index (χ4v) is 1.91. The average Bonchev–Trinajstić information content (AvgIpc) is 2.67. The van der Waals surface area contributed by atoms with Crippen molar-refractivity contribution in [2.75, 3.05) is 7.05 Å². The average molecular weight is 227 g/mol. The first-order valence-electron chi connectivity index (χ1n) is 5.96. The maximum absolute atomic E-state index is 12.2. The molecule has 0 saturated carbocycles. The number of hydrogen-bond donors (Lipinski definition) is 0. The Balaban J connectivity index is 2.11. The third kappa shape index (κ3) is 2.84. The van der Waals surface area contributed by atoms with Crippen molar-refractivity contribution >= 4 is 5.91 Å². The highest BCUT2D eigenvalue weighted by atomic mass is 16.2. The lowest BCUT2D eigenvalue weighted by atomic mass is 10.1. The van der Waals surface area contributed by atoms with E-state index in [0.717, 1.165) is 30.5 Å². The molecule has 0 unspecified atom stereocenters. The normalized spacial score (nSPS) is 18.4. The Kier molecular flexibility index (Phi) is 3.76. The van der Waals surface area contributed by atoms with E-state index in [4.69, 9.17) is 0 Å². The molecule has 0 aliphatic heterocycles. The number of nitrogens with zero attached hydrogens (tertiary/aromatic N) is 1. The molecule has 2 nitrogen and oxygen atoms in total. The molecule has 0 aromatic heterocycles. The van der Waals surface area contributed by atoms with Crippen LogP contribution in [0.15, 0.2) is 59.9 Å². The smallest absolute Gasteiger partial charge is 0.257 e. The lowest BCUT2D eigenvalue weighted by Gasteiger charge is -2.21. The molecule has 0 aromatic rings. The van der Waals surface area contributed by atoms with Crippen LogP contribution in [0.5, 0.6) is 0 Å². The summed E-state index contributed by atoms with van der Waals surface area (Å²) in [6.07, 6.45) is 18.8. The fourth-order valence-electron chi connectivity index (χ4n) is 1.91. The van der Waals surface area contributed by atoms with Crippen molar-refractivity contribution in [3.05, 3.63) is 59.9 Å². The van der Waals surface area contributed by atoms with E-state index in [-0.39, 0.29) is 5.91 Å². The van der Waals surface area contributed by atoms with Crippen molar-refractivity contribution in [3.8, 4) is 0 Å². The summed E-state index contributed by atoms with van der Waals surface area (Å²) in [4.78, 5) is 14.0. The monoisotopic (exact) mass is 227 g/mol. The Morgan fingerprint density at radius 2 is 2.06 bits per heavy atom. The molecule has 0 N–H and O–H groups in total. The van der Waals surface area contributed by atoms with Crippen LogP contribution in [0.2, 0.25) is 0 Å². The maximum atomic E-state index is 12.2. The maximum Gasteiger partial charge on any atom is 0.257 e. The number of hydrogen-bond acceptors (Lipinski definition) is 1. The number of allylic oxidation sites excluding steroid dienone is 7. The van der Waals surface area contributed by atoms with E-state index in [1.165, 1.54) is 0 Å². The summed E-state index contributed by atoms with van der Waals surface area (Å²) >= 11 is 0. The van der Waals surface area contributed by atoms with E-state index in [0.29, 0.717) is 0 Å². The number of amides is 1. The molecule has 2 rings (SSSR count). The topological polar surface area (TPSA) is 20.3 Å². The minimum atomic E-state index is 0.0795. The molecule has 0 heterocycles. The summed E-state index contributed by atoms with van der Waals surface area (Å²) in [7, 11) is 1.84. The highest BCUT2D eigenvalue weighted by Crippen LogP contribution is 2.17. The summed E-state index contributed by atoms with van der Waals surface area (Å²) < 4.78 is 0. The second-order valence-electron chi connectivity index (χ2n) is 4.18. The molecule has 0 spiro atoms. The van der Waals surface area contributed by atoms with Gasteiger partial charge in [-0.15, -0.1) is 0 Å². The van der Waals surface area contributed by atoms with Crippen molar-refractivity contribution in [1.29, 1.82) is 0 Å². The first-order valence-corrected chi connectivity index (χ1v) is 5.96. The molecule has 0 atom stereocenters. The highest BCUT2D eigenvalue weighted by molar-refractivity contribution is 5.97. The number of likely N-dealkylation sites (N-methyl/N-ethyl adjacent to an activating group) is 1. The van der Waals surface area contributed by atoms with Crippen LogP contribution >= 0.6 is 0 Å². The van der Waals surface area contributed by atoms with E-state index in [2.05, 4.69) is 12.2 Å². The van der Waals surface area contributed by atoms with E-state index in [1.807, 2.05) is 43.5 Å². The van der Waals surface area contributed by atoms with Gasteiger partial charge in [0, 0.05) is 24.7 Å². The zero-order chi connectivity index (χ0) is 12.1. The van der Waals surface area contributed by atoms with Gasteiger partial charge in [0.05, 0.1) is 0 Å². The van der Waals surface area contributed by atoms with Crippen LogP contribution in [-0.2, 0) is 4.79 Å². The quantitative estimate of drug-likeness (QED) is 0.709. The second kappa shape index (κ2) is 5.48. The molecule has 0 aromatic carbocycles. The van der Waals surface area contributed by atoms with Gasteiger partial charge in [-0.05, 0) is 18.9 Å². The van der Waals surface area contributed by atoms with E-state index >= 15 is 0 Å². The largest absolute Gasteiger partial charge is 0.315 e. The van der Waals surface area contributed by atoms with Gasteiger partial charge in [-0.2, -0.15) is 0 Å². The summed E-state index contributed by atoms with van der Waals surface area (Å²) in [5.41, 5.74) is 1.83. The second-order valence-corrected chi connectivity index (χ2v) is 4.18. The third-order valence-electron chi connectivity index (χ3n) is 2.95. The molecule has 0 bridgehead atoms. The Labute approximate surface area is 102 Å². The minimum absolute atomic E-state index is 0.0795. The summed E-state index contributed by atoms with van der Waals surface area (Å²) in [6.45, 7) is 0. The van der Waals surface area contributed by atoms with Crippen molar-refractivity contribution < 1.29 is 4.79 Å². The van der Waals surface area contributed by atoms with Gasteiger partial charge in [0.15, 0.2) is 0 Å². The SMILES string of the molecule is CN(C(=O)C1=CCCC=C1)C1=CC=CC=CC1. The number of carbonyl (C=O) groups excluding carboxylic acids is 1. The molecule has 1 amide bonds. The molecule has 88 valence electrons. The van der Waals surface area contributed by atoms with Crippen molar-refractivity contribution in [3.63, 3.8) is 0 Å². The van der Waals surface area contributed by atoms with Gasteiger partial charge in [-0.25, -0.2) is 0 Å². The molecule has 17 heavy (non-hydrogen) atoms. The molecule has 2 heteroatoms. The van der Waals surface area contributed by atoms with E-state index in [9.17, 15) is 4.79 Å². The number of rotatable bonds is 2.